The van der Waals surface area contributed by atoms with Crippen LogP contribution in [-0.4, -0.2) is 8.42 Å². The van der Waals surface area contributed by atoms with E-state index < -0.39 is 15.8 Å². The topological polar surface area (TPSA) is 72.2 Å². The summed E-state index contributed by atoms with van der Waals surface area (Å²) in [6.45, 7) is 1.89. The van der Waals surface area contributed by atoms with Gasteiger partial charge in [0.05, 0.1) is 5.69 Å². The Kier molecular flexibility index (Phi) is 3.44. The van der Waals surface area contributed by atoms with E-state index >= 15 is 0 Å². The zero-order chi connectivity index (χ0) is 14.0. The molecule has 0 radical (unpaired) electrons. The van der Waals surface area contributed by atoms with Crippen molar-refractivity contribution >= 4 is 21.4 Å². The van der Waals surface area contributed by atoms with Gasteiger partial charge in [-0.15, -0.1) is 0 Å². The summed E-state index contributed by atoms with van der Waals surface area (Å²) in [6.07, 6.45) is 0. The number of hydrogen-bond donors (Lipinski definition) is 2. The number of aryl methyl sites for hydroxylation is 1. The monoisotopic (exact) mass is 280 g/mol. The van der Waals surface area contributed by atoms with Gasteiger partial charge in [-0.25, -0.2) is 12.8 Å². The second-order valence-corrected chi connectivity index (χ2v) is 5.77. The number of anilines is 2. The molecule has 0 aliphatic carbocycles. The molecule has 6 heteroatoms. The van der Waals surface area contributed by atoms with Crippen molar-refractivity contribution in [2.24, 2.45) is 0 Å². The Hall–Kier alpha value is -2.08. The minimum Gasteiger partial charge on any atom is -0.395 e. The van der Waals surface area contributed by atoms with Crippen molar-refractivity contribution in [3.05, 3.63) is 53.8 Å². The van der Waals surface area contributed by atoms with Crippen molar-refractivity contribution in [1.29, 1.82) is 0 Å². The quantitative estimate of drug-likeness (QED) is 0.848. The fourth-order valence-corrected chi connectivity index (χ4v) is 2.78. The van der Waals surface area contributed by atoms with Crippen molar-refractivity contribution in [1.82, 2.24) is 0 Å². The van der Waals surface area contributed by atoms with Crippen LogP contribution in [0, 0.1) is 12.7 Å². The van der Waals surface area contributed by atoms with Crippen LogP contribution in [0.5, 0.6) is 0 Å². The lowest BCUT2D eigenvalue weighted by Gasteiger charge is -2.10. The summed E-state index contributed by atoms with van der Waals surface area (Å²) < 4.78 is 39.8. The molecule has 0 heterocycles. The summed E-state index contributed by atoms with van der Waals surface area (Å²) in [5, 5.41) is 0. The highest BCUT2D eigenvalue weighted by Gasteiger charge is 2.19. The molecule has 4 nitrogen and oxygen atoms in total. The molecular formula is C13H13FN2O2S. The predicted molar refractivity (Wildman–Crippen MR) is 72.8 cm³/mol. The Morgan fingerprint density at radius 2 is 1.74 bits per heavy atom. The molecule has 2 rings (SSSR count). The molecule has 0 aliphatic heterocycles. The van der Waals surface area contributed by atoms with Gasteiger partial charge >= 0.3 is 0 Å². The molecule has 0 fully saturated rings. The Morgan fingerprint density at radius 1 is 1.11 bits per heavy atom. The highest BCUT2D eigenvalue weighted by Crippen LogP contribution is 2.23. The van der Waals surface area contributed by atoms with E-state index in [1.807, 2.05) is 6.92 Å². The van der Waals surface area contributed by atoms with E-state index in [1.54, 1.807) is 24.3 Å². The molecule has 2 aromatic carbocycles. The average Bonchev–Trinajstić information content (AvgIpc) is 2.35. The number of para-hydroxylation sites is 1. The van der Waals surface area contributed by atoms with Crippen molar-refractivity contribution < 1.29 is 12.8 Å². The van der Waals surface area contributed by atoms with Crippen molar-refractivity contribution in [2.75, 3.05) is 10.5 Å². The van der Waals surface area contributed by atoms with Crippen LogP contribution in [0.2, 0.25) is 0 Å². The molecule has 0 saturated heterocycles. The van der Waals surface area contributed by atoms with Crippen LogP contribution < -0.4 is 10.5 Å². The van der Waals surface area contributed by atoms with E-state index in [-0.39, 0.29) is 10.6 Å². The zero-order valence-corrected chi connectivity index (χ0v) is 11.0. The molecular weight excluding hydrogens is 267 g/mol. The average molecular weight is 280 g/mol. The number of hydrogen-bond acceptors (Lipinski definition) is 3. The maximum absolute atomic E-state index is 13.3. The van der Waals surface area contributed by atoms with Gasteiger partial charge in [0.2, 0.25) is 0 Å². The molecule has 0 aliphatic rings. The fourth-order valence-electron chi connectivity index (χ4n) is 1.58. The smallest absolute Gasteiger partial charge is 0.264 e. The Balaban J connectivity index is 2.38. The maximum Gasteiger partial charge on any atom is 0.264 e. The Labute approximate surface area is 111 Å². The molecule has 0 bridgehead atoms. The summed E-state index contributed by atoms with van der Waals surface area (Å²) in [7, 11) is -3.89. The van der Waals surface area contributed by atoms with Crippen LogP contribution >= 0.6 is 0 Å². The van der Waals surface area contributed by atoms with E-state index in [0.29, 0.717) is 5.69 Å². The molecule has 100 valence electrons. The van der Waals surface area contributed by atoms with Crippen molar-refractivity contribution in [3.63, 3.8) is 0 Å². The van der Waals surface area contributed by atoms with Gasteiger partial charge < -0.3 is 5.73 Å². The third kappa shape index (κ3) is 2.85. The minimum absolute atomic E-state index is 0.270. The minimum atomic E-state index is -3.89. The SMILES string of the molecule is Cc1ccc(NS(=O)(=O)c2cccc(F)c2N)cc1. The van der Waals surface area contributed by atoms with Crippen LogP contribution in [0.4, 0.5) is 15.8 Å². The summed E-state index contributed by atoms with van der Waals surface area (Å²) in [5.41, 5.74) is 6.47. The molecule has 0 aromatic heterocycles. The summed E-state index contributed by atoms with van der Waals surface area (Å²) >= 11 is 0. The van der Waals surface area contributed by atoms with E-state index in [2.05, 4.69) is 4.72 Å². The van der Waals surface area contributed by atoms with Gasteiger partial charge in [0.25, 0.3) is 10.0 Å². The normalized spacial score (nSPS) is 11.3. The Bertz CT molecular complexity index is 697. The second kappa shape index (κ2) is 4.89. The van der Waals surface area contributed by atoms with Gasteiger partial charge in [-0.05, 0) is 31.2 Å². The van der Waals surface area contributed by atoms with E-state index in [4.69, 9.17) is 5.73 Å². The lowest BCUT2D eigenvalue weighted by atomic mass is 10.2. The van der Waals surface area contributed by atoms with Gasteiger partial charge in [-0.2, -0.15) is 0 Å². The number of sulfonamides is 1. The number of halogens is 1. The van der Waals surface area contributed by atoms with Crippen molar-refractivity contribution in [3.8, 4) is 0 Å². The molecule has 19 heavy (non-hydrogen) atoms. The first-order valence-electron chi connectivity index (χ1n) is 5.53. The molecule has 0 saturated carbocycles. The lowest BCUT2D eigenvalue weighted by molar-refractivity contribution is 0.597. The molecule has 3 N–H and O–H groups in total. The molecule has 0 amide bonds. The van der Waals surface area contributed by atoms with Gasteiger partial charge in [0.1, 0.15) is 10.7 Å². The largest absolute Gasteiger partial charge is 0.395 e. The number of rotatable bonds is 3. The number of benzene rings is 2. The first kappa shape index (κ1) is 13.4. The van der Waals surface area contributed by atoms with Gasteiger partial charge in [0.15, 0.2) is 0 Å². The zero-order valence-electron chi connectivity index (χ0n) is 10.2. The first-order chi connectivity index (χ1) is 8.90. The number of nitrogens with two attached hydrogens (primary N) is 1. The fraction of sp³-hybridized carbons (Fsp3) is 0.0769. The number of nitrogens with one attached hydrogen (secondary N) is 1. The van der Waals surface area contributed by atoms with Crippen LogP contribution in [0.25, 0.3) is 0 Å². The maximum atomic E-state index is 13.3. The van der Waals surface area contributed by atoms with Crippen LogP contribution in [0.1, 0.15) is 5.56 Å². The highest BCUT2D eigenvalue weighted by atomic mass is 32.2. The predicted octanol–water partition coefficient (Wildman–Crippen LogP) is 2.52. The number of nitrogen functional groups attached to an aromatic ring is 1. The molecule has 0 spiro atoms. The third-order valence-corrected chi connectivity index (χ3v) is 4.05. The van der Waals surface area contributed by atoms with E-state index in [1.165, 1.54) is 12.1 Å². The van der Waals surface area contributed by atoms with Crippen LogP contribution in [0.15, 0.2) is 47.4 Å². The third-order valence-electron chi connectivity index (χ3n) is 2.61. The summed E-state index contributed by atoms with van der Waals surface area (Å²) in [6, 6.07) is 10.5. The van der Waals surface area contributed by atoms with Crippen LogP contribution in [0.3, 0.4) is 0 Å². The Morgan fingerprint density at radius 3 is 2.37 bits per heavy atom. The molecule has 2 aromatic rings. The molecule has 0 unspecified atom stereocenters. The standard InChI is InChI=1S/C13H13FN2O2S/c1-9-5-7-10(8-6-9)16-19(17,18)12-4-2-3-11(14)13(12)15/h2-8,16H,15H2,1H3. The van der Waals surface area contributed by atoms with Crippen molar-refractivity contribution in [2.45, 2.75) is 11.8 Å². The lowest BCUT2D eigenvalue weighted by Crippen LogP contribution is -2.15. The van der Waals surface area contributed by atoms with Gasteiger partial charge in [-0.3, -0.25) is 4.72 Å². The van der Waals surface area contributed by atoms with Gasteiger partial charge in [-0.1, -0.05) is 23.8 Å². The highest BCUT2D eigenvalue weighted by molar-refractivity contribution is 7.92. The van der Waals surface area contributed by atoms with Gasteiger partial charge in [0, 0.05) is 5.69 Å². The first-order valence-corrected chi connectivity index (χ1v) is 7.02. The summed E-state index contributed by atoms with van der Waals surface area (Å²) in [5.74, 6) is -0.758. The van der Waals surface area contributed by atoms with E-state index in [0.717, 1.165) is 11.6 Å². The van der Waals surface area contributed by atoms with Crippen LogP contribution in [-0.2, 0) is 10.0 Å². The summed E-state index contributed by atoms with van der Waals surface area (Å²) in [4.78, 5) is -0.270. The second-order valence-electron chi connectivity index (χ2n) is 4.12. The molecule has 0 atom stereocenters. The van der Waals surface area contributed by atoms with E-state index in [9.17, 15) is 12.8 Å².